The number of amides is 1. The van der Waals surface area contributed by atoms with Gasteiger partial charge in [-0.3, -0.25) is 4.79 Å². The van der Waals surface area contributed by atoms with Gasteiger partial charge in [0.25, 0.3) is 0 Å². The number of rotatable bonds is 6. The molecule has 1 saturated heterocycles. The summed E-state index contributed by atoms with van der Waals surface area (Å²) in [7, 11) is 0. The third kappa shape index (κ3) is 4.30. The number of carbonyl (C=O) groups is 1. The van der Waals surface area contributed by atoms with E-state index in [4.69, 9.17) is 9.84 Å². The first-order chi connectivity index (χ1) is 9.81. The van der Waals surface area contributed by atoms with Crippen molar-refractivity contribution in [1.82, 2.24) is 10.2 Å². The van der Waals surface area contributed by atoms with Crippen LogP contribution in [0.4, 0.5) is 0 Å². The normalized spacial score (nSPS) is 16.9. The van der Waals surface area contributed by atoms with E-state index in [1.165, 1.54) is 0 Å². The number of carbonyl (C=O) groups excluding carboxylic acids is 1. The Morgan fingerprint density at radius 1 is 1.30 bits per heavy atom. The van der Waals surface area contributed by atoms with Gasteiger partial charge in [-0.05, 0) is 12.0 Å². The Labute approximate surface area is 119 Å². The second kappa shape index (κ2) is 7.99. The lowest BCUT2D eigenvalue weighted by Gasteiger charge is -2.28. The molecule has 2 rings (SSSR count). The van der Waals surface area contributed by atoms with E-state index in [1.54, 1.807) is 0 Å². The molecule has 1 aromatic rings. The molecular formula is C15H22N2O3. The number of nitrogens with one attached hydrogen (secondary N) is 1. The first-order valence-corrected chi connectivity index (χ1v) is 7.06. The van der Waals surface area contributed by atoms with Crippen molar-refractivity contribution in [2.75, 3.05) is 39.5 Å². The van der Waals surface area contributed by atoms with Crippen molar-refractivity contribution in [2.45, 2.75) is 12.5 Å². The van der Waals surface area contributed by atoms with Gasteiger partial charge in [0.05, 0.1) is 19.8 Å². The second-order valence-electron chi connectivity index (χ2n) is 4.85. The zero-order valence-electron chi connectivity index (χ0n) is 11.6. The van der Waals surface area contributed by atoms with Crippen LogP contribution in [0, 0.1) is 0 Å². The predicted octanol–water partition coefficient (Wildman–Crippen LogP) is 0.558. The van der Waals surface area contributed by atoms with E-state index in [0.29, 0.717) is 39.3 Å². The monoisotopic (exact) mass is 278 g/mol. The van der Waals surface area contributed by atoms with Crippen molar-refractivity contribution in [3.8, 4) is 0 Å². The molecule has 0 spiro atoms. The van der Waals surface area contributed by atoms with Gasteiger partial charge >= 0.3 is 0 Å². The lowest BCUT2D eigenvalue weighted by molar-refractivity contribution is -0.134. The van der Waals surface area contributed by atoms with Gasteiger partial charge in [0.1, 0.15) is 0 Å². The van der Waals surface area contributed by atoms with E-state index in [1.807, 2.05) is 35.2 Å². The standard InChI is InChI=1S/C15H22N2O3/c18-9-6-14(13-4-2-1-3-5-13)16-12-15(19)17-7-10-20-11-8-17/h1-5,14,16,18H,6-12H2. The molecule has 2 N–H and O–H groups in total. The fraction of sp³-hybridized carbons (Fsp3) is 0.533. The molecule has 5 heteroatoms. The van der Waals surface area contributed by atoms with Gasteiger partial charge in [-0.1, -0.05) is 30.3 Å². The number of ether oxygens (including phenoxy) is 1. The van der Waals surface area contributed by atoms with Gasteiger partial charge in [0, 0.05) is 25.7 Å². The lowest BCUT2D eigenvalue weighted by Crippen LogP contribution is -2.45. The number of hydrogen-bond acceptors (Lipinski definition) is 4. The summed E-state index contributed by atoms with van der Waals surface area (Å²) in [6.45, 7) is 2.94. The van der Waals surface area contributed by atoms with Crippen molar-refractivity contribution in [3.05, 3.63) is 35.9 Å². The Hall–Kier alpha value is -1.43. The molecule has 0 radical (unpaired) electrons. The second-order valence-corrected chi connectivity index (χ2v) is 4.85. The van der Waals surface area contributed by atoms with Crippen LogP contribution < -0.4 is 5.32 Å². The number of benzene rings is 1. The fourth-order valence-electron chi connectivity index (χ4n) is 2.34. The molecule has 110 valence electrons. The summed E-state index contributed by atoms with van der Waals surface area (Å²) in [5.41, 5.74) is 1.09. The number of aliphatic hydroxyl groups excluding tert-OH is 1. The van der Waals surface area contributed by atoms with Crippen LogP contribution in [-0.4, -0.2) is 55.4 Å². The third-order valence-corrected chi connectivity index (χ3v) is 3.48. The van der Waals surface area contributed by atoms with E-state index >= 15 is 0 Å². The summed E-state index contributed by atoms with van der Waals surface area (Å²) in [6.07, 6.45) is 0.598. The number of aliphatic hydroxyl groups is 1. The zero-order valence-corrected chi connectivity index (χ0v) is 11.6. The van der Waals surface area contributed by atoms with Crippen LogP contribution in [0.25, 0.3) is 0 Å². The average molecular weight is 278 g/mol. The molecule has 0 aliphatic carbocycles. The van der Waals surface area contributed by atoms with Gasteiger partial charge in [-0.2, -0.15) is 0 Å². The molecule has 0 aromatic heterocycles. The topological polar surface area (TPSA) is 61.8 Å². The molecule has 1 heterocycles. The number of hydrogen-bond donors (Lipinski definition) is 2. The first kappa shape index (κ1) is 15.0. The Bertz CT molecular complexity index is 405. The van der Waals surface area contributed by atoms with E-state index in [2.05, 4.69) is 5.32 Å². The van der Waals surface area contributed by atoms with Crippen LogP contribution in [0.2, 0.25) is 0 Å². The van der Waals surface area contributed by atoms with Crippen LogP contribution >= 0.6 is 0 Å². The molecule has 1 aromatic carbocycles. The predicted molar refractivity (Wildman–Crippen MR) is 76.3 cm³/mol. The maximum atomic E-state index is 12.1. The maximum absolute atomic E-state index is 12.1. The highest BCUT2D eigenvalue weighted by Gasteiger charge is 2.18. The molecule has 1 unspecified atom stereocenters. The van der Waals surface area contributed by atoms with Gasteiger partial charge in [0.2, 0.25) is 5.91 Å². The Balaban J connectivity index is 1.87. The first-order valence-electron chi connectivity index (χ1n) is 7.06. The summed E-state index contributed by atoms with van der Waals surface area (Å²) < 4.78 is 5.24. The van der Waals surface area contributed by atoms with Crippen LogP contribution in [0.1, 0.15) is 18.0 Å². The lowest BCUT2D eigenvalue weighted by atomic mass is 10.0. The summed E-state index contributed by atoms with van der Waals surface area (Å²) in [6, 6.07) is 9.90. The van der Waals surface area contributed by atoms with Crippen molar-refractivity contribution in [1.29, 1.82) is 0 Å². The van der Waals surface area contributed by atoms with Crippen LogP contribution in [0.5, 0.6) is 0 Å². The average Bonchev–Trinajstić information content (AvgIpc) is 2.53. The quantitative estimate of drug-likeness (QED) is 0.798. The van der Waals surface area contributed by atoms with Crippen molar-refractivity contribution in [3.63, 3.8) is 0 Å². The van der Waals surface area contributed by atoms with Crippen molar-refractivity contribution < 1.29 is 14.6 Å². The van der Waals surface area contributed by atoms with E-state index < -0.39 is 0 Å². The van der Waals surface area contributed by atoms with Crippen LogP contribution in [0.3, 0.4) is 0 Å². The number of morpholine rings is 1. The molecule has 5 nitrogen and oxygen atoms in total. The van der Waals surface area contributed by atoms with Gasteiger partial charge in [-0.15, -0.1) is 0 Å². The van der Waals surface area contributed by atoms with Crippen molar-refractivity contribution in [2.24, 2.45) is 0 Å². The summed E-state index contributed by atoms with van der Waals surface area (Å²) in [5, 5.41) is 12.4. The molecule has 1 aliphatic rings. The highest BCUT2D eigenvalue weighted by Crippen LogP contribution is 2.15. The third-order valence-electron chi connectivity index (χ3n) is 3.48. The van der Waals surface area contributed by atoms with Gasteiger partial charge in [0.15, 0.2) is 0 Å². The largest absolute Gasteiger partial charge is 0.396 e. The Morgan fingerprint density at radius 2 is 2.00 bits per heavy atom. The maximum Gasteiger partial charge on any atom is 0.236 e. The highest BCUT2D eigenvalue weighted by atomic mass is 16.5. The Kier molecular flexibility index (Phi) is 5.98. The molecule has 1 fully saturated rings. The molecule has 1 aliphatic heterocycles. The molecule has 20 heavy (non-hydrogen) atoms. The number of nitrogens with zero attached hydrogens (tertiary/aromatic N) is 1. The molecule has 0 saturated carbocycles. The van der Waals surface area contributed by atoms with Gasteiger partial charge < -0.3 is 20.1 Å². The summed E-state index contributed by atoms with van der Waals surface area (Å²) >= 11 is 0. The summed E-state index contributed by atoms with van der Waals surface area (Å²) in [4.78, 5) is 13.9. The summed E-state index contributed by atoms with van der Waals surface area (Å²) in [5.74, 6) is 0.0900. The smallest absolute Gasteiger partial charge is 0.236 e. The van der Waals surface area contributed by atoms with Crippen LogP contribution in [0.15, 0.2) is 30.3 Å². The fourth-order valence-corrected chi connectivity index (χ4v) is 2.34. The minimum atomic E-state index is 0.00573. The Morgan fingerprint density at radius 3 is 2.65 bits per heavy atom. The molecule has 1 amide bonds. The van der Waals surface area contributed by atoms with E-state index in [-0.39, 0.29) is 18.6 Å². The van der Waals surface area contributed by atoms with Gasteiger partial charge in [-0.25, -0.2) is 0 Å². The van der Waals surface area contributed by atoms with E-state index in [9.17, 15) is 4.79 Å². The molecule has 0 bridgehead atoms. The highest BCUT2D eigenvalue weighted by molar-refractivity contribution is 5.78. The molecular weight excluding hydrogens is 256 g/mol. The van der Waals surface area contributed by atoms with Crippen LogP contribution in [-0.2, 0) is 9.53 Å². The SMILES string of the molecule is O=C(CNC(CCO)c1ccccc1)N1CCOCC1. The zero-order chi connectivity index (χ0) is 14.2. The van der Waals surface area contributed by atoms with E-state index in [0.717, 1.165) is 5.56 Å². The molecule has 1 atom stereocenters. The minimum absolute atomic E-state index is 0.00573. The minimum Gasteiger partial charge on any atom is -0.396 e. The van der Waals surface area contributed by atoms with Crippen molar-refractivity contribution >= 4 is 5.91 Å².